The maximum atomic E-state index is 13.0. The Morgan fingerprint density at radius 1 is 1.43 bits per heavy atom. The van der Waals surface area contributed by atoms with Crippen LogP contribution in [0, 0.1) is 5.82 Å². The number of hydrogen-bond acceptors (Lipinski definition) is 4. The second-order valence-corrected chi connectivity index (χ2v) is 4.67. The number of carbonyl (C=O) groups is 1. The maximum absolute atomic E-state index is 13.0. The molecular formula is C15H18FN3O2. The number of nitrogens with one attached hydrogen (secondary N) is 1. The number of carbonyl (C=O) groups excluding carboxylic acids is 1. The molecule has 5 nitrogen and oxygen atoms in total. The van der Waals surface area contributed by atoms with Crippen LogP contribution in [0.1, 0.15) is 24.2 Å². The fourth-order valence-corrected chi connectivity index (χ4v) is 2.16. The highest BCUT2D eigenvalue weighted by Crippen LogP contribution is 2.24. The second-order valence-electron chi connectivity index (χ2n) is 4.67. The normalized spacial score (nSPS) is 12.0. The quantitative estimate of drug-likeness (QED) is 0.860. The zero-order valence-electron chi connectivity index (χ0n) is 12.3. The van der Waals surface area contributed by atoms with Gasteiger partial charge in [0.2, 0.25) is 0 Å². The lowest BCUT2D eigenvalue weighted by molar-refractivity contribution is -0.141. The highest BCUT2D eigenvalue weighted by molar-refractivity contribution is 5.81. The number of methoxy groups -OCH3 is 1. The van der Waals surface area contributed by atoms with E-state index in [0.717, 1.165) is 11.3 Å². The first kappa shape index (κ1) is 15.0. The van der Waals surface area contributed by atoms with E-state index >= 15 is 0 Å². The van der Waals surface area contributed by atoms with Crippen molar-refractivity contribution in [2.24, 2.45) is 7.05 Å². The van der Waals surface area contributed by atoms with E-state index in [0.29, 0.717) is 12.1 Å². The number of halogens is 1. The Bertz CT molecular complexity index is 622. The molecule has 0 aliphatic heterocycles. The van der Waals surface area contributed by atoms with Gasteiger partial charge in [0.15, 0.2) is 6.04 Å². The summed E-state index contributed by atoms with van der Waals surface area (Å²) < 4.78 is 19.5. The molecule has 0 radical (unpaired) electrons. The van der Waals surface area contributed by atoms with Crippen LogP contribution in [0.15, 0.2) is 30.5 Å². The van der Waals surface area contributed by atoms with Crippen molar-refractivity contribution in [3.63, 3.8) is 0 Å². The van der Waals surface area contributed by atoms with Gasteiger partial charge >= 0.3 is 5.97 Å². The van der Waals surface area contributed by atoms with E-state index in [1.54, 1.807) is 30.1 Å². The first-order valence-corrected chi connectivity index (χ1v) is 6.67. The van der Waals surface area contributed by atoms with Crippen LogP contribution >= 0.6 is 0 Å². The number of ether oxygens (including phenoxy) is 1. The maximum Gasteiger partial charge on any atom is 0.333 e. The number of nitrogens with zero attached hydrogens (tertiary/aromatic N) is 2. The predicted octanol–water partition coefficient (Wildman–Crippen LogP) is 2.45. The number of rotatable bonds is 5. The minimum atomic E-state index is -0.677. The fourth-order valence-electron chi connectivity index (χ4n) is 2.16. The Kier molecular flexibility index (Phi) is 4.57. The van der Waals surface area contributed by atoms with Gasteiger partial charge in [-0.3, -0.25) is 4.68 Å². The van der Waals surface area contributed by atoms with Crippen LogP contribution in [0.5, 0.6) is 0 Å². The van der Waals surface area contributed by atoms with Gasteiger partial charge in [-0.1, -0.05) is 6.92 Å². The number of benzene rings is 1. The third-order valence-corrected chi connectivity index (χ3v) is 3.18. The van der Waals surface area contributed by atoms with Crippen LogP contribution in [-0.4, -0.2) is 22.9 Å². The van der Waals surface area contributed by atoms with Gasteiger partial charge < -0.3 is 10.1 Å². The molecular weight excluding hydrogens is 273 g/mol. The van der Waals surface area contributed by atoms with Crippen LogP contribution in [0.25, 0.3) is 0 Å². The van der Waals surface area contributed by atoms with Crippen molar-refractivity contribution in [2.45, 2.75) is 19.4 Å². The number of anilines is 1. The standard InChI is InChI=1S/C15H18FN3O2/c1-4-13-12(9-19(2)18-13)14(15(20)21-3)17-11-7-5-10(16)6-8-11/h5-9,14,17H,4H2,1-3H3. The molecule has 1 aromatic carbocycles. The fraction of sp³-hybridized carbons (Fsp3) is 0.333. The zero-order chi connectivity index (χ0) is 15.4. The van der Waals surface area contributed by atoms with Gasteiger partial charge in [0.05, 0.1) is 12.8 Å². The molecule has 1 heterocycles. The summed E-state index contributed by atoms with van der Waals surface area (Å²) in [6.07, 6.45) is 2.49. The van der Waals surface area contributed by atoms with Gasteiger partial charge in [0.25, 0.3) is 0 Å². The summed E-state index contributed by atoms with van der Waals surface area (Å²) in [5.41, 5.74) is 2.22. The largest absolute Gasteiger partial charge is 0.467 e. The first-order chi connectivity index (χ1) is 10.0. The lowest BCUT2D eigenvalue weighted by Crippen LogP contribution is -2.23. The Hall–Kier alpha value is -2.37. The van der Waals surface area contributed by atoms with Crippen molar-refractivity contribution < 1.29 is 13.9 Å². The van der Waals surface area contributed by atoms with Crippen molar-refractivity contribution >= 4 is 11.7 Å². The monoisotopic (exact) mass is 291 g/mol. The summed E-state index contributed by atoms with van der Waals surface area (Å²) in [6.45, 7) is 1.97. The van der Waals surface area contributed by atoms with E-state index in [-0.39, 0.29) is 5.82 Å². The number of aromatic nitrogens is 2. The molecule has 112 valence electrons. The Balaban J connectivity index is 2.34. The molecule has 1 aromatic heterocycles. The Labute approximate surface area is 122 Å². The molecule has 0 bridgehead atoms. The van der Waals surface area contributed by atoms with E-state index in [1.807, 2.05) is 6.92 Å². The molecule has 2 aromatic rings. The molecule has 0 amide bonds. The number of aryl methyl sites for hydroxylation is 2. The molecule has 21 heavy (non-hydrogen) atoms. The molecule has 1 N–H and O–H groups in total. The van der Waals surface area contributed by atoms with Crippen LogP contribution in [0.4, 0.5) is 10.1 Å². The van der Waals surface area contributed by atoms with Crippen LogP contribution in [0.3, 0.4) is 0 Å². The average molecular weight is 291 g/mol. The van der Waals surface area contributed by atoms with Crippen molar-refractivity contribution in [3.05, 3.63) is 47.5 Å². The third kappa shape index (κ3) is 3.39. The smallest absolute Gasteiger partial charge is 0.333 e. The lowest BCUT2D eigenvalue weighted by Gasteiger charge is -2.17. The minimum absolute atomic E-state index is 0.328. The third-order valence-electron chi connectivity index (χ3n) is 3.18. The number of hydrogen-bond donors (Lipinski definition) is 1. The molecule has 0 aliphatic carbocycles. The Morgan fingerprint density at radius 3 is 2.67 bits per heavy atom. The van der Waals surface area contributed by atoms with Crippen molar-refractivity contribution in [1.29, 1.82) is 0 Å². The summed E-state index contributed by atoms with van der Waals surface area (Å²) in [6, 6.07) is 5.14. The molecule has 2 rings (SSSR count). The number of esters is 1. The van der Waals surface area contributed by atoms with Crippen molar-refractivity contribution in [3.8, 4) is 0 Å². The molecule has 6 heteroatoms. The van der Waals surface area contributed by atoms with Gasteiger partial charge in [-0.2, -0.15) is 5.10 Å². The van der Waals surface area contributed by atoms with Crippen molar-refractivity contribution in [2.75, 3.05) is 12.4 Å². The lowest BCUT2D eigenvalue weighted by atomic mass is 10.1. The average Bonchev–Trinajstić information content (AvgIpc) is 2.86. The summed E-state index contributed by atoms with van der Waals surface area (Å²) in [5.74, 6) is -0.743. The SMILES string of the molecule is CCc1nn(C)cc1C(Nc1ccc(F)cc1)C(=O)OC. The molecule has 0 saturated carbocycles. The van der Waals surface area contributed by atoms with Gasteiger partial charge in [-0.25, -0.2) is 9.18 Å². The topological polar surface area (TPSA) is 56.2 Å². The van der Waals surface area contributed by atoms with Crippen LogP contribution in [-0.2, 0) is 23.0 Å². The van der Waals surface area contributed by atoms with Crippen LogP contribution < -0.4 is 5.32 Å². The highest BCUT2D eigenvalue weighted by atomic mass is 19.1. The van der Waals surface area contributed by atoms with Gasteiger partial charge in [-0.15, -0.1) is 0 Å². The van der Waals surface area contributed by atoms with E-state index in [1.165, 1.54) is 19.2 Å². The molecule has 1 unspecified atom stereocenters. The summed E-state index contributed by atoms with van der Waals surface area (Å²) >= 11 is 0. The summed E-state index contributed by atoms with van der Waals surface area (Å²) in [7, 11) is 3.14. The van der Waals surface area contributed by atoms with E-state index < -0.39 is 12.0 Å². The van der Waals surface area contributed by atoms with E-state index in [9.17, 15) is 9.18 Å². The van der Waals surface area contributed by atoms with E-state index in [2.05, 4.69) is 10.4 Å². The molecule has 0 fully saturated rings. The van der Waals surface area contributed by atoms with Gasteiger partial charge in [0.1, 0.15) is 5.82 Å². The first-order valence-electron chi connectivity index (χ1n) is 6.67. The van der Waals surface area contributed by atoms with Crippen molar-refractivity contribution in [1.82, 2.24) is 9.78 Å². The molecule has 0 spiro atoms. The highest BCUT2D eigenvalue weighted by Gasteiger charge is 2.25. The molecule has 0 saturated heterocycles. The molecule has 0 aliphatic rings. The minimum Gasteiger partial charge on any atom is -0.467 e. The van der Waals surface area contributed by atoms with E-state index in [4.69, 9.17) is 4.74 Å². The van der Waals surface area contributed by atoms with Gasteiger partial charge in [0, 0.05) is 24.5 Å². The Morgan fingerprint density at radius 2 is 2.10 bits per heavy atom. The second kappa shape index (κ2) is 6.39. The predicted molar refractivity (Wildman–Crippen MR) is 77.4 cm³/mol. The zero-order valence-corrected chi connectivity index (χ0v) is 12.3. The van der Waals surface area contributed by atoms with Gasteiger partial charge in [-0.05, 0) is 30.7 Å². The molecule has 1 atom stereocenters. The van der Waals surface area contributed by atoms with Crippen LogP contribution in [0.2, 0.25) is 0 Å². The summed E-state index contributed by atoms with van der Waals surface area (Å²) in [4.78, 5) is 12.1. The summed E-state index contributed by atoms with van der Waals surface area (Å²) in [5, 5.41) is 7.40.